The van der Waals surface area contributed by atoms with Crippen LogP contribution in [0.1, 0.15) is 16.1 Å². The first kappa shape index (κ1) is 16.4. The van der Waals surface area contributed by atoms with E-state index >= 15 is 0 Å². The number of para-hydroxylation sites is 1. The van der Waals surface area contributed by atoms with Gasteiger partial charge in [-0.25, -0.2) is 0 Å². The summed E-state index contributed by atoms with van der Waals surface area (Å²) < 4.78 is 5.36. The SMILES string of the molecule is COc1ccccc1CN1C[C@@H](O)[C@H](NC(=O)c2ccccn2)C1. The number of pyridine rings is 1. The minimum atomic E-state index is -0.604. The van der Waals surface area contributed by atoms with E-state index in [2.05, 4.69) is 15.2 Å². The first-order valence-electron chi connectivity index (χ1n) is 7.91. The van der Waals surface area contributed by atoms with E-state index in [1.54, 1.807) is 31.5 Å². The third-order valence-corrected chi connectivity index (χ3v) is 4.17. The maximum atomic E-state index is 12.2. The Morgan fingerprint density at radius 3 is 2.83 bits per heavy atom. The molecule has 3 rings (SSSR count). The highest BCUT2D eigenvalue weighted by molar-refractivity contribution is 5.92. The van der Waals surface area contributed by atoms with Crippen molar-refractivity contribution in [1.82, 2.24) is 15.2 Å². The van der Waals surface area contributed by atoms with Crippen molar-refractivity contribution in [1.29, 1.82) is 0 Å². The number of rotatable bonds is 5. The Bertz CT molecular complexity index is 693. The molecule has 0 spiro atoms. The summed E-state index contributed by atoms with van der Waals surface area (Å²) in [6.07, 6.45) is 0.973. The van der Waals surface area contributed by atoms with Crippen molar-refractivity contribution in [3.8, 4) is 5.75 Å². The van der Waals surface area contributed by atoms with E-state index < -0.39 is 6.10 Å². The number of benzene rings is 1. The third-order valence-electron chi connectivity index (χ3n) is 4.17. The molecule has 0 aliphatic carbocycles. The summed E-state index contributed by atoms with van der Waals surface area (Å²) >= 11 is 0. The largest absolute Gasteiger partial charge is 0.496 e. The normalized spacial score (nSPS) is 20.8. The fourth-order valence-electron chi connectivity index (χ4n) is 2.95. The Kier molecular flexibility index (Phi) is 5.08. The maximum absolute atomic E-state index is 12.2. The van der Waals surface area contributed by atoms with Crippen molar-refractivity contribution in [2.75, 3.05) is 20.2 Å². The molecule has 1 aliphatic rings. The van der Waals surface area contributed by atoms with E-state index in [9.17, 15) is 9.90 Å². The smallest absolute Gasteiger partial charge is 0.270 e. The van der Waals surface area contributed by atoms with Gasteiger partial charge in [0, 0.05) is 31.4 Å². The second-order valence-electron chi connectivity index (χ2n) is 5.87. The van der Waals surface area contributed by atoms with Crippen LogP contribution < -0.4 is 10.1 Å². The van der Waals surface area contributed by atoms with Crippen molar-refractivity contribution in [2.45, 2.75) is 18.7 Å². The molecule has 2 aromatic rings. The molecule has 1 saturated heterocycles. The minimum Gasteiger partial charge on any atom is -0.496 e. The van der Waals surface area contributed by atoms with Crippen molar-refractivity contribution in [3.05, 3.63) is 59.9 Å². The minimum absolute atomic E-state index is 0.265. The van der Waals surface area contributed by atoms with Crippen LogP contribution in [0.2, 0.25) is 0 Å². The summed E-state index contributed by atoms with van der Waals surface area (Å²) in [5.41, 5.74) is 1.41. The number of nitrogens with zero attached hydrogens (tertiary/aromatic N) is 2. The van der Waals surface area contributed by atoms with Crippen LogP contribution >= 0.6 is 0 Å². The number of carbonyl (C=O) groups is 1. The molecule has 0 unspecified atom stereocenters. The first-order valence-corrected chi connectivity index (χ1v) is 7.91. The summed E-state index contributed by atoms with van der Waals surface area (Å²) in [5.74, 6) is 0.562. The van der Waals surface area contributed by atoms with Gasteiger partial charge in [-0.1, -0.05) is 24.3 Å². The van der Waals surface area contributed by atoms with Gasteiger partial charge >= 0.3 is 0 Å². The van der Waals surface area contributed by atoms with Crippen LogP contribution in [-0.4, -0.2) is 53.2 Å². The lowest BCUT2D eigenvalue weighted by Crippen LogP contribution is -2.43. The summed E-state index contributed by atoms with van der Waals surface area (Å²) in [6, 6.07) is 12.7. The van der Waals surface area contributed by atoms with E-state index in [1.807, 2.05) is 24.3 Å². The summed E-state index contributed by atoms with van der Waals surface area (Å²) in [6.45, 7) is 1.75. The predicted molar refractivity (Wildman–Crippen MR) is 89.8 cm³/mol. The fraction of sp³-hybridized carbons (Fsp3) is 0.333. The van der Waals surface area contributed by atoms with Gasteiger partial charge in [-0.2, -0.15) is 0 Å². The quantitative estimate of drug-likeness (QED) is 0.859. The molecule has 2 atom stereocenters. The summed E-state index contributed by atoms with van der Waals surface area (Å²) in [5, 5.41) is 13.1. The number of methoxy groups -OCH3 is 1. The number of amides is 1. The lowest BCUT2D eigenvalue weighted by molar-refractivity contribution is 0.0883. The van der Waals surface area contributed by atoms with Gasteiger partial charge in [-0.05, 0) is 18.2 Å². The zero-order valence-electron chi connectivity index (χ0n) is 13.6. The van der Waals surface area contributed by atoms with Crippen molar-refractivity contribution >= 4 is 5.91 Å². The number of likely N-dealkylation sites (tertiary alicyclic amines) is 1. The van der Waals surface area contributed by atoms with Crippen LogP contribution in [0.25, 0.3) is 0 Å². The van der Waals surface area contributed by atoms with Gasteiger partial charge in [-0.15, -0.1) is 0 Å². The number of aliphatic hydroxyl groups excluding tert-OH is 1. The zero-order valence-corrected chi connectivity index (χ0v) is 13.6. The van der Waals surface area contributed by atoms with Crippen LogP contribution in [-0.2, 0) is 6.54 Å². The third kappa shape index (κ3) is 3.72. The number of hydrogen-bond acceptors (Lipinski definition) is 5. The Morgan fingerprint density at radius 2 is 2.08 bits per heavy atom. The monoisotopic (exact) mass is 327 g/mol. The van der Waals surface area contributed by atoms with Gasteiger partial charge in [0.1, 0.15) is 11.4 Å². The molecule has 1 aliphatic heterocycles. The zero-order chi connectivity index (χ0) is 16.9. The molecule has 1 aromatic carbocycles. The number of hydrogen-bond donors (Lipinski definition) is 2. The van der Waals surface area contributed by atoms with Crippen LogP contribution in [0.3, 0.4) is 0 Å². The molecular weight excluding hydrogens is 306 g/mol. The van der Waals surface area contributed by atoms with Crippen molar-refractivity contribution < 1.29 is 14.6 Å². The highest BCUT2D eigenvalue weighted by Crippen LogP contribution is 2.22. The van der Waals surface area contributed by atoms with E-state index in [-0.39, 0.29) is 11.9 Å². The standard InChI is InChI=1S/C18H21N3O3/c1-24-17-8-3-2-6-13(17)10-21-11-15(16(22)12-21)20-18(23)14-7-4-5-9-19-14/h2-9,15-16,22H,10-12H2,1H3,(H,20,23)/t15-,16-/m1/s1. The number of aromatic nitrogens is 1. The molecule has 24 heavy (non-hydrogen) atoms. The number of aliphatic hydroxyl groups is 1. The topological polar surface area (TPSA) is 74.7 Å². The molecule has 1 fully saturated rings. The average Bonchev–Trinajstić information content (AvgIpc) is 2.95. The number of nitrogens with one attached hydrogen (secondary N) is 1. The Hall–Kier alpha value is -2.44. The van der Waals surface area contributed by atoms with E-state index in [4.69, 9.17) is 4.74 Å². The van der Waals surface area contributed by atoms with Crippen LogP contribution in [0.4, 0.5) is 0 Å². The number of β-amino-alcohol motifs (C(OH)–C–C–N with tert-alkyl or cyclic N) is 1. The molecule has 126 valence electrons. The van der Waals surface area contributed by atoms with Crippen molar-refractivity contribution in [2.24, 2.45) is 0 Å². The fourth-order valence-corrected chi connectivity index (χ4v) is 2.95. The maximum Gasteiger partial charge on any atom is 0.270 e. The van der Waals surface area contributed by atoms with Crippen molar-refractivity contribution in [3.63, 3.8) is 0 Å². The highest BCUT2D eigenvalue weighted by Gasteiger charge is 2.33. The van der Waals surface area contributed by atoms with Crippen LogP contribution in [0.5, 0.6) is 5.75 Å². The molecule has 0 radical (unpaired) electrons. The average molecular weight is 327 g/mol. The van der Waals surface area contributed by atoms with Gasteiger partial charge in [0.25, 0.3) is 5.91 Å². The van der Waals surface area contributed by atoms with Crippen LogP contribution in [0, 0.1) is 0 Å². The van der Waals surface area contributed by atoms with E-state index in [1.165, 1.54) is 0 Å². The molecule has 2 heterocycles. The number of ether oxygens (including phenoxy) is 1. The van der Waals surface area contributed by atoms with Crippen LogP contribution in [0.15, 0.2) is 48.7 Å². The first-order chi connectivity index (χ1) is 11.7. The Morgan fingerprint density at radius 1 is 1.29 bits per heavy atom. The molecular formula is C18H21N3O3. The summed E-state index contributed by atoms with van der Waals surface area (Å²) in [7, 11) is 1.65. The summed E-state index contributed by atoms with van der Waals surface area (Å²) in [4.78, 5) is 18.3. The van der Waals surface area contributed by atoms with Gasteiger partial charge in [0.15, 0.2) is 0 Å². The lowest BCUT2D eigenvalue weighted by atomic mass is 10.2. The second kappa shape index (κ2) is 7.42. The predicted octanol–water partition coefficient (Wildman–Crippen LogP) is 1.07. The second-order valence-corrected chi connectivity index (χ2v) is 5.87. The molecule has 0 bridgehead atoms. The molecule has 6 heteroatoms. The Balaban J connectivity index is 1.61. The van der Waals surface area contributed by atoms with E-state index in [0.29, 0.717) is 25.3 Å². The van der Waals surface area contributed by atoms with E-state index in [0.717, 1.165) is 11.3 Å². The molecule has 2 N–H and O–H groups in total. The molecule has 0 saturated carbocycles. The van der Waals surface area contributed by atoms with Gasteiger partial charge in [0.2, 0.25) is 0 Å². The Labute approximate surface area is 141 Å². The highest BCUT2D eigenvalue weighted by atomic mass is 16.5. The van der Waals surface area contributed by atoms with Gasteiger partial charge < -0.3 is 15.2 Å². The van der Waals surface area contributed by atoms with Gasteiger partial charge in [0.05, 0.1) is 19.3 Å². The molecule has 1 amide bonds. The molecule has 6 nitrogen and oxygen atoms in total. The lowest BCUT2D eigenvalue weighted by Gasteiger charge is -2.18. The molecule has 1 aromatic heterocycles. The van der Waals surface area contributed by atoms with Gasteiger partial charge in [-0.3, -0.25) is 14.7 Å². The number of carbonyl (C=O) groups excluding carboxylic acids is 1.